The maximum Gasteiger partial charge on any atom is 0.203 e. The first-order chi connectivity index (χ1) is 7.66. The molecule has 2 aromatic heterocycles. The van der Waals surface area contributed by atoms with Gasteiger partial charge < -0.3 is 4.57 Å². The van der Waals surface area contributed by atoms with E-state index in [1.165, 1.54) is 0 Å². The summed E-state index contributed by atoms with van der Waals surface area (Å²) in [6.45, 7) is 0. The third-order valence-corrected chi connectivity index (χ3v) is 3.16. The quantitative estimate of drug-likeness (QED) is 0.613. The second kappa shape index (κ2) is 3.34. The van der Waals surface area contributed by atoms with Crippen molar-refractivity contribution in [1.29, 1.82) is 0 Å². The predicted octanol–water partition coefficient (Wildman–Crippen LogP) is 3.43. The molecule has 3 rings (SSSR count). The fourth-order valence-corrected chi connectivity index (χ4v) is 2.14. The molecule has 0 unspecified atom stereocenters. The van der Waals surface area contributed by atoms with Crippen molar-refractivity contribution in [2.24, 2.45) is 7.05 Å². The van der Waals surface area contributed by atoms with Crippen LogP contribution < -0.4 is 0 Å². The molecule has 5 heteroatoms. The summed E-state index contributed by atoms with van der Waals surface area (Å²) >= 11 is 11.9. The van der Waals surface area contributed by atoms with Crippen molar-refractivity contribution >= 4 is 45.1 Å². The molecule has 16 heavy (non-hydrogen) atoms. The zero-order valence-electron chi connectivity index (χ0n) is 8.41. The van der Waals surface area contributed by atoms with Crippen molar-refractivity contribution < 1.29 is 0 Å². The van der Waals surface area contributed by atoms with Crippen LogP contribution in [0.3, 0.4) is 0 Å². The van der Waals surface area contributed by atoms with E-state index < -0.39 is 0 Å². The second-order valence-electron chi connectivity index (χ2n) is 3.60. The van der Waals surface area contributed by atoms with E-state index in [-0.39, 0.29) is 0 Å². The van der Waals surface area contributed by atoms with Crippen LogP contribution in [0, 0.1) is 0 Å². The Balaban J connectivity index is 2.54. The van der Waals surface area contributed by atoms with Crippen LogP contribution in [-0.4, -0.2) is 14.5 Å². The minimum Gasteiger partial charge on any atom is -0.318 e. The number of nitrogens with zero attached hydrogens (tertiary/aromatic N) is 3. The number of hydrogen-bond donors (Lipinski definition) is 0. The lowest BCUT2D eigenvalue weighted by Crippen LogP contribution is -1.86. The van der Waals surface area contributed by atoms with Crippen LogP contribution in [0.4, 0.5) is 0 Å². The summed E-state index contributed by atoms with van der Waals surface area (Å²) in [6, 6.07) is 5.80. The normalized spacial score (nSPS) is 11.4. The monoisotopic (exact) mass is 251 g/mol. The fourth-order valence-electron chi connectivity index (χ4n) is 1.80. The Hall–Kier alpha value is -1.32. The molecular formula is C11H7Cl2N3. The number of aromatic nitrogens is 3. The molecule has 0 atom stereocenters. The van der Waals surface area contributed by atoms with Gasteiger partial charge in [0.25, 0.3) is 0 Å². The van der Waals surface area contributed by atoms with E-state index in [0.29, 0.717) is 10.3 Å². The number of benzene rings is 1. The first-order valence-electron chi connectivity index (χ1n) is 4.73. The highest BCUT2D eigenvalue weighted by Gasteiger charge is 2.09. The van der Waals surface area contributed by atoms with Gasteiger partial charge in [-0.2, -0.15) is 0 Å². The Labute approximate surface area is 102 Å². The summed E-state index contributed by atoms with van der Waals surface area (Å²) in [5.41, 5.74) is 2.60. The number of rotatable bonds is 0. The third-order valence-electron chi connectivity index (χ3n) is 2.61. The van der Waals surface area contributed by atoms with Crippen molar-refractivity contribution in [1.82, 2.24) is 14.5 Å². The van der Waals surface area contributed by atoms with Crippen LogP contribution in [0.5, 0.6) is 0 Å². The first kappa shape index (κ1) is 9.87. The average Bonchev–Trinajstić information content (AvgIpc) is 2.55. The maximum atomic E-state index is 5.98. The molecule has 0 saturated heterocycles. The average molecular weight is 252 g/mol. The highest BCUT2D eigenvalue weighted by Crippen LogP contribution is 2.26. The largest absolute Gasteiger partial charge is 0.318 e. The molecule has 0 fully saturated rings. The lowest BCUT2D eigenvalue weighted by molar-refractivity contribution is 0.949. The van der Waals surface area contributed by atoms with Gasteiger partial charge in [0.2, 0.25) is 5.28 Å². The van der Waals surface area contributed by atoms with Crippen molar-refractivity contribution in [3.63, 3.8) is 0 Å². The van der Waals surface area contributed by atoms with E-state index in [1.54, 1.807) is 6.20 Å². The molecule has 80 valence electrons. The molecule has 0 spiro atoms. The molecule has 0 aliphatic carbocycles. The highest BCUT2D eigenvalue weighted by molar-refractivity contribution is 6.31. The van der Waals surface area contributed by atoms with Crippen molar-refractivity contribution in [2.75, 3.05) is 0 Å². The van der Waals surface area contributed by atoms with Gasteiger partial charge in [-0.1, -0.05) is 17.7 Å². The van der Waals surface area contributed by atoms with Crippen LogP contribution in [0.2, 0.25) is 10.3 Å². The Morgan fingerprint density at radius 1 is 1.19 bits per heavy atom. The lowest BCUT2D eigenvalue weighted by Gasteiger charge is -1.99. The Kier molecular flexibility index (Phi) is 2.06. The van der Waals surface area contributed by atoms with E-state index >= 15 is 0 Å². The summed E-state index contributed by atoms with van der Waals surface area (Å²) in [6.07, 6.45) is 1.62. The maximum absolute atomic E-state index is 5.98. The van der Waals surface area contributed by atoms with Crippen LogP contribution in [0.1, 0.15) is 0 Å². The van der Waals surface area contributed by atoms with Crippen LogP contribution in [-0.2, 0) is 7.05 Å². The van der Waals surface area contributed by atoms with E-state index in [9.17, 15) is 0 Å². The van der Waals surface area contributed by atoms with Gasteiger partial charge in [0, 0.05) is 18.6 Å². The topological polar surface area (TPSA) is 30.7 Å². The molecule has 0 aliphatic rings. The van der Waals surface area contributed by atoms with E-state index in [4.69, 9.17) is 23.2 Å². The number of halogens is 2. The molecule has 0 N–H and O–H groups in total. The Morgan fingerprint density at radius 2 is 2.00 bits per heavy atom. The first-order valence-corrected chi connectivity index (χ1v) is 5.48. The molecular weight excluding hydrogens is 245 g/mol. The molecule has 3 nitrogen and oxygen atoms in total. The molecule has 0 amide bonds. The summed E-state index contributed by atoms with van der Waals surface area (Å²) < 4.78 is 1.83. The summed E-state index contributed by atoms with van der Waals surface area (Å²) in [7, 11) is 1.87. The van der Waals surface area contributed by atoms with Crippen molar-refractivity contribution in [3.05, 3.63) is 34.7 Å². The number of imidazole rings is 1. The molecule has 0 saturated carbocycles. The molecule has 0 radical (unpaired) electrons. The predicted molar refractivity (Wildman–Crippen MR) is 66.0 cm³/mol. The molecule has 0 bridgehead atoms. The van der Waals surface area contributed by atoms with Gasteiger partial charge in [0.1, 0.15) is 5.52 Å². The van der Waals surface area contributed by atoms with E-state index in [1.807, 2.05) is 29.8 Å². The highest BCUT2D eigenvalue weighted by atomic mass is 35.5. The van der Waals surface area contributed by atoms with Crippen molar-refractivity contribution in [2.45, 2.75) is 0 Å². The SMILES string of the molecule is Cn1c(Cl)nc2c3ncc(Cl)cc3ccc21. The molecule has 1 aromatic carbocycles. The second-order valence-corrected chi connectivity index (χ2v) is 4.37. The zero-order chi connectivity index (χ0) is 11.3. The fraction of sp³-hybridized carbons (Fsp3) is 0.0909. The van der Waals surface area contributed by atoms with E-state index in [0.717, 1.165) is 21.9 Å². The Bertz CT molecular complexity index is 703. The van der Waals surface area contributed by atoms with Gasteiger partial charge in [-0.15, -0.1) is 0 Å². The van der Waals surface area contributed by atoms with Gasteiger partial charge in [0.05, 0.1) is 16.1 Å². The van der Waals surface area contributed by atoms with Gasteiger partial charge in [-0.05, 0) is 23.7 Å². The van der Waals surface area contributed by atoms with Gasteiger partial charge in [0.15, 0.2) is 0 Å². The smallest absolute Gasteiger partial charge is 0.203 e. The zero-order valence-corrected chi connectivity index (χ0v) is 9.92. The number of pyridine rings is 1. The third kappa shape index (κ3) is 1.29. The van der Waals surface area contributed by atoms with Crippen molar-refractivity contribution in [3.8, 4) is 0 Å². The lowest BCUT2D eigenvalue weighted by atomic mass is 10.2. The summed E-state index contributed by atoms with van der Waals surface area (Å²) in [5, 5.41) is 2.04. The van der Waals surface area contributed by atoms with Crippen LogP contribution >= 0.6 is 23.2 Å². The van der Waals surface area contributed by atoms with Gasteiger partial charge >= 0.3 is 0 Å². The standard InChI is InChI=1S/C11H7Cl2N3/c1-16-8-3-2-6-4-7(12)5-14-9(6)10(8)15-11(16)13/h2-5H,1H3. The molecule has 0 aliphatic heterocycles. The Morgan fingerprint density at radius 3 is 2.81 bits per heavy atom. The van der Waals surface area contributed by atoms with Gasteiger partial charge in [-0.3, -0.25) is 4.98 Å². The van der Waals surface area contributed by atoms with Gasteiger partial charge in [-0.25, -0.2) is 4.98 Å². The molecule has 3 aromatic rings. The summed E-state index contributed by atoms with van der Waals surface area (Å²) in [4.78, 5) is 8.59. The minimum absolute atomic E-state index is 0.458. The van der Waals surface area contributed by atoms with Crippen LogP contribution in [0.15, 0.2) is 24.4 Å². The van der Waals surface area contributed by atoms with Crippen LogP contribution in [0.25, 0.3) is 21.9 Å². The summed E-state index contributed by atoms with van der Waals surface area (Å²) in [5.74, 6) is 0. The minimum atomic E-state index is 0.458. The molecule has 2 heterocycles. The number of fused-ring (bicyclic) bond motifs is 3. The van der Waals surface area contributed by atoms with E-state index in [2.05, 4.69) is 9.97 Å². The number of aryl methyl sites for hydroxylation is 1. The number of hydrogen-bond acceptors (Lipinski definition) is 2.